The van der Waals surface area contributed by atoms with Gasteiger partial charge in [0.2, 0.25) is 5.82 Å². The summed E-state index contributed by atoms with van der Waals surface area (Å²) in [5.74, 6) is -3.06. The fourth-order valence-corrected chi connectivity index (χ4v) is 4.38. The standard InChI is InChI=1S/C29H32F2N6O5/c1-4-18-15-19(5-6-20(18)29(40)33-10-13-42-14-12-36(2)17-24(38)39)35-27-28-34-16-22(37(28)11-9-32-27)21-7-8-23(41-3)26(31)25(21)30/h5-9,11,15-16H,4,10,12-14,17H2,1-3H3,(H,32,35)(H,33,40)(H,38,39). The molecule has 0 spiro atoms. The molecule has 4 rings (SSSR count). The normalized spacial score (nSPS) is 11.2. The number of aliphatic carboxylic acids is 1. The third-order valence-electron chi connectivity index (χ3n) is 6.52. The van der Waals surface area contributed by atoms with E-state index in [1.807, 2.05) is 13.0 Å². The van der Waals surface area contributed by atoms with E-state index in [-0.39, 0.29) is 23.8 Å². The third kappa shape index (κ3) is 6.98. The van der Waals surface area contributed by atoms with Crippen molar-refractivity contribution in [1.82, 2.24) is 24.6 Å². The van der Waals surface area contributed by atoms with E-state index in [2.05, 4.69) is 20.6 Å². The molecular formula is C29H32F2N6O5. The molecule has 13 heteroatoms. The molecule has 0 fully saturated rings. The summed E-state index contributed by atoms with van der Waals surface area (Å²) in [5.41, 5.74) is 2.77. The Labute approximate surface area is 241 Å². The first-order valence-electron chi connectivity index (χ1n) is 13.2. The van der Waals surface area contributed by atoms with Crippen molar-refractivity contribution in [2.45, 2.75) is 13.3 Å². The summed E-state index contributed by atoms with van der Waals surface area (Å²) < 4.78 is 41.1. The van der Waals surface area contributed by atoms with Gasteiger partial charge in [-0.3, -0.25) is 18.9 Å². The molecule has 0 saturated carbocycles. The lowest BCUT2D eigenvalue weighted by molar-refractivity contribution is -0.138. The minimum atomic E-state index is -1.08. The number of amides is 1. The van der Waals surface area contributed by atoms with E-state index < -0.39 is 17.6 Å². The molecule has 42 heavy (non-hydrogen) atoms. The Morgan fingerprint density at radius 3 is 2.67 bits per heavy atom. The Bertz CT molecular complexity index is 1580. The van der Waals surface area contributed by atoms with Crippen LogP contribution < -0.4 is 15.4 Å². The van der Waals surface area contributed by atoms with Crippen molar-refractivity contribution in [3.8, 4) is 17.0 Å². The molecule has 0 radical (unpaired) electrons. The van der Waals surface area contributed by atoms with Crippen LogP contribution in [0.5, 0.6) is 5.75 Å². The highest BCUT2D eigenvalue weighted by Crippen LogP contribution is 2.31. The Balaban J connectivity index is 1.42. The van der Waals surface area contributed by atoms with Gasteiger partial charge in [-0.05, 0) is 49.4 Å². The fraction of sp³-hybridized carbons (Fsp3) is 0.310. The second kappa shape index (κ2) is 13.8. The van der Waals surface area contributed by atoms with E-state index in [1.165, 1.54) is 31.6 Å². The Morgan fingerprint density at radius 1 is 1.12 bits per heavy atom. The minimum Gasteiger partial charge on any atom is -0.494 e. The molecule has 0 saturated heterocycles. The summed E-state index contributed by atoms with van der Waals surface area (Å²) in [7, 11) is 2.96. The molecule has 1 amide bonds. The highest BCUT2D eigenvalue weighted by molar-refractivity contribution is 5.96. The lowest BCUT2D eigenvalue weighted by atomic mass is 10.0. The van der Waals surface area contributed by atoms with E-state index in [0.29, 0.717) is 61.1 Å². The highest BCUT2D eigenvalue weighted by Gasteiger charge is 2.19. The lowest BCUT2D eigenvalue weighted by Crippen LogP contribution is -2.31. The van der Waals surface area contributed by atoms with E-state index in [4.69, 9.17) is 14.6 Å². The number of ether oxygens (including phenoxy) is 2. The molecule has 2 aromatic heterocycles. The Hall–Kier alpha value is -4.62. The highest BCUT2D eigenvalue weighted by atomic mass is 19.2. The van der Waals surface area contributed by atoms with Gasteiger partial charge in [-0.25, -0.2) is 14.4 Å². The predicted octanol–water partition coefficient (Wildman–Crippen LogP) is 3.75. The number of methoxy groups -OCH3 is 1. The summed E-state index contributed by atoms with van der Waals surface area (Å²) >= 11 is 0. The smallest absolute Gasteiger partial charge is 0.317 e. The lowest BCUT2D eigenvalue weighted by Gasteiger charge is -2.14. The molecule has 2 heterocycles. The number of carbonyl (C=O) groups excluding carboxylic acids is 1. The van der Waals surface area contributed by atoms with Crippen molar-refractivity contribution >= 4 is 29.0 Å². The molecule has 0 aliphatic carbocycles. The minimum absolute atomic E-state index is 0.0255. The number of hydrogen-bond donors (Lipinski definition) is 3. The zero-order valence-electron chi connectivity index (χ0n) is 23.5. The third-order valence-corrected chi connectivity index (χ3v) is 6.52. The van der Waals surface area contributed by atoms with Crippen molar-refractivity contribution in [2.24, 2.45) is 0 Å². The predicted molar refractivity (Wildman–Crippen MR) is 152 cm³/mol. The van der Waals surface area contributed by atoms with Crippen LogP contribution in [0.25, 0.3) is 16.9 Å². The van der Waals surface area contributed by atoms with Crippen LogP contribution in [-0.4, -0.2) is 83.3 Å². The molecule has 0 aliphatic heterocycles. The van der Waals surface area contributed by atoms with Crippen molar-refractivity contribution in [2.75, 3.05) is 52.3 Å². The number of aromatic nitrogens is 3. The average Bonchev–Trinajstić information content (AvgIpc) is 3.40. The molecule has 0 bridgehead atoms. The zero-order chi connectivity index (χ0) is 30.2. The maximum absolute atomic E-state index is 14.8. The van der Waals surface area contributed by atoms with Gasteiger partial charge in [-0.1, -0.05) is 6.92 Å². The molecular weight excluding hydrogens is 550 g/mol. The number of carboxylic acids is 1. The molecule has 3 N–H and O–H groups in total. The summed E-state index contributed by atoms with van der Waals surface area (Å²) in [5, 5.41) is 14.8. The number of imidazole rings is 1. The SMILES string of the molecule is CCc1cc(Nc2nccn3c(-c4ccc(OC)c(F)c4F)cnc23)ccc1C(=O)NCCOCCN(C)CC(=O)O. The van der Waals surface area contributed by atoms with Crippen LogP contribution in [0.2, 0.25) is 0 Å². The topological polar surface area (TPSA) is 130 Å². The largest absolute Gasteiger partial charge is 0.494 e. The molecule has 4 aromatic rings. The molecule has 2 aromatic carbocycles. The first-order valence-corrected chi connectivity index (χ1v) is 13.2. The van der Waals surface area contributed by atoms with Crippen molar-refractivity contribution in [3.05, 3.63) is 71.7 Å². The quantitative estimate of drug-likeness (QED) is 0.190. The van der Waals surface area contributed by atoms with Gasteiger partial charge in [0.15, 0.2) is 23.0 Å². The number of benzene rings is 2. The Morgan fingerprint density at radius 2 is 1.93 bits per heavy atom. The van der Waals surface area contributed by atoms with Gasteiger partial charge in [0, 0.05) is 42.3 Å². The zero-order valence-corrected chi connectivity index (χ0v) is 23.5. The van der Waals surface area contributed by atoms with Gasteiger partial charge >= 0.3 is 5.97 Å². The number of halogens is 2. The summed E-state index contributed by atoms with van der Waals surface area (Å²) in [6, 6.07) is 8.09. The number of carboxylic acid groups (broad SMARTS) is 1. The van der Waals surface area contributed by atoms with Gasteiger partial charge in [0.05, 0.1) is 38.8 Å². The summed E-state index contributed by atoms with van der Waals surface area (Å²) in [6.45, 7) is 3.29. The van der Waals surface area contributed by atoms with Crippen LogP contribution in [0.3, 0.4) is 0 Å². The maximum Gasteiger partial charge on any atom is 0.317 e. The number of likely N-dealkylation sites (N-methyl/N-ethyl adjacent to an activating group) is 1. The molecule has 0 atom stereocenters. The van der Waals surface area contributed by atoms with E-state index in [9.17, 15) is 18.4 Å². The first kappa shape index (κ1) is 30.3. The van der Waals surface area contributed by atoms with Crippen LogP contribution >= 0.6 is 0 Å². The number of anilines is 2. The van der Waals surface area contributed by atoms with E-state index >= 15 is 0 Å². The second-order valence-electron chi connectivity index (χ2n) is 9.41. The van der Waals surface area contributed by atoms with Crippen molar-refractivity contribution in [1.29, 1.82) is 0 Å². The number of carbonyl (C=O) groups is 2. The first-order chi connectivity index (χ1) is 20.2. The number of fused-ring (bicyclic) bond motifs is 1. The van der Waals surface area contributed by atoms with Gasteiger partial charge in [-0.2, -0.15) is 4.39 Å². The van der Waals surface area contributed by atoms with Crippen LogP contribution in [-0.2, 0) is 16.0 Å². The Kier molecular flexibility index (Phi) is 9.99. The summed E-state index contributed by atoms with van der Waals surface area (Å²) in [4.78, 5) is 33.9. The van der Waals surface area contributed by atoms with Crippen molar-refractivity contribution < 1.29 is 33.0 Å². The average molecular weight is 583 g/mol. The number of nitrogens with one attached hydrogen (secondary N) is 2. The fourth-order valence-electron chi connectivity index (χ4n) is 4.38. The van der Waals surface area contributed by atoms with Crippen LogP contribution in [0.15, 0.2) is 48.9 Å². The van der Waals surface area contributed by atoms with Crippen LogP contribution in [0.1, 0.15) is 22.8 Å². The molecule has 0 unspecified atom stereocenters. The number of aryl methyl sites for hydroxylation is 1. The van der Waals surface area contributed by atoms with E-state index in [0.717, 1.165) is 5.56 Å². The van der Waals surface area contributed by atoms with Crippen LogP contribution in [0, 0.1) is 11.6 Å². The molecule has 0 aliphatic rings. The van der Waals surface area contributed by atoms with Gasteiger partial charge < -0.3 is 25.2 Å². The van der Waals surface area contributed by atoms with E-state index in [1.54, 1.807) is 34.7 Å². The van der Waals surface area contributed by atoms with Gasteiger partial charge in [-0.15, -0.1) is 0 Å². The molecule has 222 valence electrons. The van der Waals surface area contributed by atoms with Crippen molar-refractivity contribution in [3.63, 3.8) is 0 Å². The monoisotopic (exact) mass is 582 g/mol. The second-order valence-corrected chi connectivity index (χ2v) is 9.41. The van der Waals surface area contributed by atoms with Gasteiger partial charge in [0.25, 0.3) is 5.91 Å². The number of nitrogens with zero attached hydrogens (tertiary/aromatic N) is 4. The number of rotatable bonds is 14. The number of hydrogen-bond acceptors (Lipinski definition) is 8. The summed E-state index contributed by atoms with van der Waals surface area (Å²) in [6.07, 6.45) is 5.16. The van der Waals surface area contributed by atoms with Gasteiger partial charge in [0.1, 0.15) is 0 Å². The van der Waals surface area contributed by atoms with Crippen LogP contribution in [0.4, 0.5) is 20.3 Å². The molecule has 11 nitrogen and oxygen atoms in total. The maximum atomic E-state index is 14.8.